The van der Waals surface area contributed by atoms with Crippen molar-refractivity contribution >= 4 is 5.78 Å². The van der Waals surface area contributed by atoms with Crippen LogP contribution in [0.2, 0.25) is 0 Å². The SMILES string of the molecule is CCC(C)C(=O)C(C)CNC. The lowest BCUT2D eigenvalue weighted by molar-refractivity contribution is -0.125. The Morgan fingerprint density at radius 2 is 1.91 bits per heavy atom. The molecule has 0 amide bonds. The van der Waals surface area contributed by atoms with Crippen LogP contribution in [0.15, 0.2) is 0 Å². The van der Waals surface area contributed by atoms with Crippen LogP contribution in [0, 0.1) is 11.8 Å². The van der Waals surface area contributed by atoms with Crippen LogP contribution >= 0.6 is 0 Å². The molecule has 2 unspecified atom stereocenters. The van der Waals surface area contributed by atoms with Gasteiger partial charge in [0.15, 0.2) is 0 Å². The van der Waals surface area contributed by atoms with Crippen LogP contribution in [0.25, 0.3) is 0 Å². The van der Waals surface area contributed by atoms with Crippen molar-refractivity contribution in [3.63, 3.8) is 0 Å². The molecule has 0 aliphatic carbocycles. The molecule has 2 heteroatoms. The van der Waals surface area contributed by atoms with Crippen molar-refractivity contribution in [3.8, 4) is 0 Å². The van der Waals surface area contributed by atoms with Gasteiger partial charge < -0.3 is 5.32 Å². The average molecular weight is 157 g/mol. The molecule has 0 fully saturated rings. The summed E-state index contributed by atoms with van der Waals surface area (Å²) < 4.78 is 0. The Labute approximate surface area is 69.4 Å². The van der Waals surface area contributed by atoms with Gasteiger partial charge in [0.2, 0.25) is 0 Å². The largest absolute Gasteiger partial charge is 0.319 e. The molecule has 0 aromatic carbocycles. The average Bonchev–Trinajstić information content (AvgIpc) is 2.02. The Hall–Kier alpha value is -0.370. The maximum atomic E-state index is 11.4. The molecule has 0 saturated carbocycles. The molecule has 2 nitrogen and oxygen atoms in total. The van der Waals surface area contributed by atoms with E-state index >= 15 is 0 Å². The minimum Gasteiger partial charge on any atom is -0.319 e. The number of rotatable bonds is 5. The maximum absolute atomic E-state index is 11.4. The van der Waals surface area contributed by atoms with Gasteiger partial charge in [0.25, 0.3) is 0 Å². The highest BCUT2D eigenvalue weighted by Crippen LogP contribution is 2.09. The Balaban J connectivity index is 3.81. The number of hydrogen-bond acceptors (Lipinski definition) is 2. The second-order valence-corrected chi connectivity index (χ2v) is 3.17. The van der Waals surface area contributed by atoms with E-state index in [0.717, 1.165) is 13.0 Å². The van der Waals surface area contributed by atoms with E-state index in [1.165, 1.54) is 0 Å². The molecule has 0 aromatic rings. The van der Waals surface area contributed by atoms with Gasteiger partial charge in [-0.1, -0.05) is 20.8 Å². The van der Waals surface area contributed by atoms with E-state index in [9.17, 15) is 4.79 Å². The van der Waals surface area contributed by atoms with Crippen molar-refractivity contribution in [2.75, 3.05) is 13.6 Å². The summed E-state index contributed by atoms with van der Waals surface area (Å²) in [6, 6.07) is 0. The molecule has 66 valence electrons. The summed E-state index contributed by atoms with van der Waals surface area (Å²) in [5.74, 6) is 0.759. The standard InChI is InChI=1S/C9H19NO/c1-5-7(2)9(11)8(3)6-10-4/h7-8,10H,5-6H2,1-4H3. The zero-order valence-corrected chi connectivity index (χ0v) is 7.98. The van der Waals surface area contributed by atoms with Crippen molar-refractivity contribution < 1.29 is 4.79 Å². The highest BCUT2D eigenvalue weighted by molar-refractivity contribution is 5.82. The van der Waals surface area contributed by atoms with E-state index in [2.05, 4.69) is 12.2 Å². The van der Waals surface area contributed by atoms with Crippen LogP contribution < -0.4 is 5.32 Å². The van der Waals surface area contributed by atoms with Gasteiger partial charge >= 0.3 is 0 Å². The topological polar surface area (TPSA) is 29.1 Å². The molecule has 0 aromatic heterocycles. The zero-order chi connectivity index (χ0) is 8.85. The highest BCUT2D eigenvalue weighted by atomic mass is 16.1. The molecule has 0 rings (SSSR count). The van der Waals surface area contributed by atoms with Crippen molar-refractivity contribution in [1.82, 2.24) is 5.32 Å². The summed E-state index contributed by atoms with van der Waals surface area (Å²) in [5.41, 5.74) is 0. The zero-order valence-electron chi connectivity index (χ0n) is 7.98. The fraction of sp³-hybridized carbons (Fsp3) is 0.889. The maximum Gasteiger partial charge on any atom is 0.139 e. The molecule has 11 heavy (non-hydrogen) atoms. The van der Waals surface area contributed by atoms with Gasteiger partial charge in [0.05, 0.1) is 0 Å². The van der Waals surface area contributed by atoms with Crippen molar-refractivity contribution in [1.29, 1.82) is 0 Å². The lowest BCUT2D eigenvalue weighted by atomic mass is 9.94. The molecular weight excluding hydrogens is 138 g/mol. The van der Waals surface area contributed by atoms with Gasteiger partial charge in [0, 0.05) is 18.4 Å². The molecular formula is C9H19NO. The van der Waals surface area contributed by atoms with Gasteiger partial charge in [0.1, 0.15) is 5.78 Å². The van der Waals surface area contributed by atoms with E-state index < -0.39 is 0 Å². The Kier molecular flexibility index (Phi) is 5.12. The molecule has 0 aliphatic rings. The van der Waals surface area contributed by atoms with Gasteiger partial charge in [-0.25, -0.2) is 0 Å². The first-order valence-corrected chi connectivity index (χ1v) is 4.31. The molecule has 0 aliphatic heterocycles. The fourth-order valence-electron chi connectivity index (χ4n) is 1.09. The first kappa shape index (κ1) is 10.6. The van der Waals surface area contributed by atoms with Crippen LogP contribution in [0.3, 0.4) is 0 Å². The third-order valence-corrected chi connectivity index (χ3v) is 2.09. The van der Waals surface area contributed by atoms with Crippen LogP contribution in [0.5, 0.6) is 0 Å². The first-order chi connectivity index (χ1) is 5.13. The normalized spacial score (nSPS) is 16.0. The Morgan fingerprint density at radius 1 is 1.36 bits per heavy atom. The Bertz CT molecular complexity index is 123. The quantitative estimate of drug-likeness (QED) is 0.654. The molecule has 1 N–H and O–H groups in total. The summed E-state index contributed by atoms with van der Waals surface area (Å²) >= 11 is 0. The molecule has 0 spiro atoms. The smallest absolute Gasteiger partial charge is 0.139 e. The summed E-state index contributed by atoms with van der Waals surface area (Å²) in [4.78, 5) is 11.4. The highest BCUT2D eigenvalue weighted by Gasteiger charge is 2.16. The molecule has 0 saturated heterocycles. The minimum absolute atomic E-state index is 0.162. The molecule has 2 atom stereocenters. The molecule has 0 bridgehead atoms. The number of nitrogens with one attached hydrogen (secondary N) is 1. The fourth-order valence-corrected chi connectivity index (χ4v) is 1.09. The molecule has 0 radical (unpaired) electrons. The summed E-state index contributed by atoms with van der Waals surface area (Å²) in [6.07, 6.45) is 0.951. The number of hydrogen-bond donors (Lipinski definition) is 1. The lowest BCUT2D eigenvalue weighted by Crippen LogP contribution is -2.27. The van der Waals surface area contributed by atoms with Gasteiger partial charge in [-0.3, -0.25) is 4.79 Å². The predicted octanol–water partition coefficient (Wildman–Crippen LogP) is 1.46. The van der Waals surface area contributed by atoms with Crippen LogP contribution in [0.1, 0.15) is 27.2 Å². The minimum atomic E-state index is 0.162. The summed E-state index contributed by atoms with van der Waals surface area (Å²) in [6.45, 7) is 6.82. The van der Waals surface area contributed by atoms with Crippen molar-refractivity contribution in [3.05, 3.63) is 0 Å². The van der Waals surface area contributed by atoms with E-state index in [0.29, 0.717) is 5.78 Å². The number of carbonyl (C=O) groups is 1. The van der Waals surface area contributed by atoms with Crippen molar-refractivity contribution in [2.24, 2.45) is 11.8 Å². The van der Waals surface area contributed by atoms with E-state index in [1.807, 2.05) is 20.9 Å². The van der Waals surface area contributed by atoms with Gasteiger partial charge in [-0.05, 0) is 13.5 Å². The molecule has 0 heterocycles. The van der Waals surface area contributed by atoms with Crippen LogP contribution in [-0.2, 0) is 4.79 Å². The van der Waals surface area contributed by atoms with Crippen LogP contribution in [0.4, 0.5) is 0 Å². The predicted molar refractivity (Wildman–Crippen MR) is 47.6 cm³/mol. The summed E-state index contributed by atoms with van der Waals surface area (Å²) in [5, 5.41) is 3.01. The number of ketones is 1. The third-order valence-electron chi connectivity index (χ3n) is 2.09. The summed E-state index contributed by atoms with van der Waals surface area (Å²) in [7, 11) is 1.88. The monoisotopic (exact) mass is 157 g/mol. The number of carbonyl (C=O) groups excluding carboxylic acids is 1. The van der Waals surface area contributed by atoms with Crippen molar-refractivity contribution in [2.45, 2.75) is 27.2 Å². The van der Waals surface area contributed by atoms with E-state index in [-0.39, 0.29) is 11.8 Å². The Morgan fingerprint density at radius 3 is 2.27 bits per heavy atom. The van der Waals surface area contributed by atoms with Gasteiger partial charge in [-0.15, -0.1) is 0 Å². The lowest BCUT2D eigenvalue weighted by Gasteiger charge is -2.13. The number of Topliss-reactive ketones (excluding diaryl/α,β-unsaturated/α-hetero) is 1. The van der Waals surface area contributed by atoms with E-state index in [4.69, 9.17) is 0 Å². The second kappa shape index (κ2) is 5.30. The van der Waals surface area contributed by atoms with Crippen LogP contribution in [-0.4, -0.2) is 19.4 Å². The second-order valence-electron chi connectivity index (χ2n) is 3.17. The first-order valence-electron chi connectivity index (χ1n) is 4.31. The van der Waals surface area contributed by atoms with Gasteiger partial charge in [-0.2, -0.15) is 0 Å². The van der Waals surface area contributed by atoms with E-state index in [1.54, 1.807) is 0 Å². The third kappa shape index (κ3) is 3.51.